The number of hydrogen-bond donors (Lipinski definition) is 2. The van der Waals surface area contributed by atoms with Crippen LogP contribution in [0, 0.1) is 5.92 Å². The van der Waals surface area contributed by atoms with Crippen molar-refractivity contribution in [2.75, 3.05) is 19.6 Å². The van der Waals surface area contributed by atoms with E-state index in [-0.39, 0.29) is 11.8 Å². The topological polar surface area (TPSA) is 41.1 Å². The highest BCUT2D eigenvalue weighted by Gasteiger charge is 2.20. The highest BCUT2D eigenvalue weighted by atomic mass is 16.1. The molecule has 1 aliphatic rings. The lowest BCUT2D eigenvalue weighted by molar-refractivity contribution is -0.125. The van der Waals surface area contributed by atoms with Gasteiger partial charge >= 0.3 is 0 Å². The zero-order chi connectivity index (χ0) is 13.5. The van der Waals surface area contributed by atoms with Crippen molar-refractivity contribution >= 4 is 5.91 Å². The number of carbonyl (C=O) groups excluding carboxylic acids is 1. The molecule has 0 saturated carbocycles. The minimum Gasteiger partial charge on any atom is -0.356 e. The fraction of sp³-hybridized carbons (Fsp3) is 0.562. The van der Waals surface area contributed by atoms with Crippen LogP contribution >= 0.6 is 0 Å². The molecule has 19 heavy (non-hydrogen) atoms. The van der Waals surface area contributed by atoms with Gasteiger partial charge in [-0.25, -0.2) is 0 Å². The van der Waals surface area contributed by atoms with E-state index in [9.17, 15) is 4.79 Å². The van der Waals surface area contributed by atoms with Crippen LogP contribution in [0.5, 0.6) is 0 Å². The summed E-state index contributed by atoms with van der Waals surface area (Å²) in [6.45, 7) is 4.87. The van der Waals surface area contributed by atoms with Gasteiger partial charge in [-0.05, 0) is 37.3 Å². The van der Waals surface area contributed by atoms with E-state index in [0.717, 1.165) is 38.9 Å². The smallest absolute Gasteiger partial charge is 0.224 e. The third-order valence-corrected chi connectivity index (χ3v) is 3.91. The van der Waals surface area contributed by atoms with Gasteiger partial charge in [0.2, 0.25) is 5.91 Å². The number of rotatable bonds is 5. The summed E-state index contributed by atoms with van der Waals surface area (Å²) >= 11 is 0. The van der Waals surface area contributed by atoms with Crippen LogP contribution in [0.4, 0.5) is 0 Å². The van der Waals surface area contributed by atoms with Gasteiger partial charge in [-0.3, -0.25) is 4.79 Å². The summed E-state index contributed by atoms with van der Waals surface area (Å²) in [6, 6.07) is 10.5. The van der Waals surface area contributed by atoms with Crippen LogP contribution in [-0.4, -0.2) is 25.5 Å². The van der Waals surface area contributed by atoms with E-state index in [0.29, 0.717) is 5.92 Å². The quantitative estimate of drug-likeness (QED) is 0.853. The second-order valence-electron chi connectivity index (χ2n) is 5.43. The normalized spacial score (nSPS) is 20.8. The summed E-state index contributed by atoms with van der Waals surface area (Å²) in [5.41, 5.74) is 1.34. The summed E-state index contributed by atoms with van der Waals surface area (Å²) in [5.74, 6) is 0.874. The van der Waals surface area contributed by atoms with Gasteiger partial charge in [0.25, 0.3) is 0 Å². The maximum absolute atomic E-state index is 12.0. The average molecular weight is 260 g/mol. The maximum atomic E-state index is 12.0. The largest absolute Gasteiger partial charge is 0.356 e. The van der Waals surface area contributed by atoms with E-state index in [4.69, 9.17) is 0 Å². The second-order valence-corrected chi connectivity index (χ2v) is 5.43. The number of piperidine rings is 1. The molecule has 0 bridgehead atoms. The highest BCUT2D eigenvalue weighted by Crippen LogP contribution is 2.17. The SMILES string of the molecule is CC(CCNC(=O)[C@H]1CCCNC1)c1ccccc1. The van der Waals surface area contributed by atoms with Gasteiger partial charge in [0, 0.05) is 13.1 Å². The van der Waals surface area contributed by atoms with Gasteiger partial charge < -0.3 is 10.6 Å². The minimum atomic E-state index is 0.167. The highest BCUT2D eigenvalue weighted by molar-refractivity contribution is 5.78. The van der Waals surface area contributed by atoms with E-state index >= 15 is 0 Å². The summed E-state index contributed by atoms with van der Waals surface area (Å²) in [7, 11) is 0. The summed E-state index contributed by atoms with van der Waals surface area (Å²) in [5, 5.41) is 6.35. The van der Waals surface area contributed by atoms with Crippen LogP contribution < -0.4 is 10.6 Å². The van der Waals surface area contributed by atoms with Crippen LogP contribution in [0.2, 0.25) is 0 Å². The maximum Gasteiger partial charge on any atom is 0.224 e. The molecule has 0 aliphatic carbocycles. The lowest BCUT2D eigenvalue weighted by atomic mass is 9.97. The summed E-state index contributed by atoms with van der Waals surface area (Å²) in [4.78, 5) is 12.0. The number of hydrogen-bond acceptors (Lipinski definition) is 2. The number of benzene rings is 1. The molecule has 1 heterocycles. The predicted octanol–water partition coefficient (Wildman–Crippen LogP) is 2.30. The van der Waals surface area contributed by atoms with Gasteiger partial charge in [0.15, 0.2) is 0 Å². The monoisotopic (exact) mass is 260 g/mol. The Kier molecular flexibility index (Phi) is 5.40. The van der Waals surface area contributed by atoms with Crippen molar-refractivity contribution in [1.82, 2.24) is 10.6 Å². The Morgan fingerprint density at radius 3 is 2.89 bits per heavy atom. The molecule has 3 heteroatoms. The molecular weight excluding hydrogens is 236 g/mol. The lowest BCUT2D eigenvalue weighted by Gasteiger charge is -2.22. The Morgan fingerprint density at radius 1 is 1.42 bits per heavy atom. The predicted molar refractivity (Wildman–Crippen MR) is 78.1 cm³/mol. The first-order valence-corrected chi connectivity index (χ1v) is 7.30. The van der Waals surface area contributed by atoms with E-state index in [2.05, 4.69) is 41.8 Å². The standard InChI is InChI=1S/C16H24N2O/c1-13(14-6-3-2-4-7-14)9-11-18-16(19)15-8-5-10-17-12-15/h2-4,6-7,13,15,17H,5,8-12H2,1H3,(H,18,19)/t13?,15-/m0/s1. The molecule has 3 nitrogen and oxygen atoms in total. The van der Waals surface area contributed by atoms with Crippen molar-refractivity contribution in [2.45, 2.75) is 32.1 Å². The molecule has 104 valence electrons. The van der Waals surface area contributed by atoms with E-state index in [1.54, 1.807) is 0 Å². The van der Waals surface area contributed by atoms with E-state index < -0.39 is 0 Å². The third-order valence-electron chi connectivity index (χ3n) is 3.91. The first-order valence-electron chi connectivity index (χ1n) is 7.30. The van der Waals surface area contributed by atoms with Crippen molar-refractivity contribution in [3.05, 3.63) is 35.9 Å². The Balaban J connectivity index is 1.69. The van der Waals surface area contributed by atoms with Crippen LogP contribution in [0.15, 0.2) is 30.3 Å². The molecule has 0 spiro atoms. The molecule has 0 radical (unpaired) electrons. The lowest BCUT2D eigenvalue weighted by Crippen LogP contribution is -2.40. The molecule has 1 aliphatic heterocycles. The van der Waals surface area contributed by atoms with Gasteiger partial charge in [-0.15, -0.1) is 0 Å². The average Bonchev–Trinajstić information content (AvgIpc) is 2.49. The molecule has 1 fully saturated rings. The molecule has 2 N–H and O–H groups in total. The molecule has 1 aromatic rings. The first-order chi connectivity index (χ1) is 9.27. The summed E-state index contributed by atoms with van der Waals surface area (Å²) in [6.07, 6.45) is 3.13. The molecular formula is C16H24N2O. The number of amides is 1. The van der Waals surface area contributed by atoms with Crippen molar-refractivity contribution in [3.8, 4) is 0 Å². The second kappa shape index (κ2) is 7.29. The minimum absolute atomic E-state index is 0.167. The van der Waals surface area contributed by atoms with Crippen molar-refractivity contribution < 1.29 is 4.79 Å². The molecule has 1 aromatic carbocycles. The van der Waals surface area contributed by atoms with Gasteiger partial charge in [0.05, 0.1) is 5.92 Å². The van der Waals surface area contributed by atoms with Crippen LogP contribution in [0.1, 0.15) is 37.7 Å². The molecule has 2 rings (SSSR count). The van der Waals surface area contributed by atoms with Crippen molar-refractivity contribution in [3.63, 3.8) is 0 Å². The van der Waals surface area contributed by atoms with Gasteiger partial charge in [-0.2, -0.15) is 0 Å². The fourth-order valence-corrected chi connectivity index (χ4v) is 2.58. The fourth-order valence-electron chi connectivity index (χ4n) is 2.58. The number of carbonyl (C=O) groups is 1. The Morgan fingerprint density at radius 2 is 2.21 bits per heavy atom. The number of nitrogens with one attached hydrogen (secondary N) is 2. The van der Waals surface area contributed by atoms with Crippen LogP contribution in [0.25, 0.3) is 0 Å². The zero-order valence-corrected chi connectivity index (χ0v) is 11.7. The Labute approximate surface area is 115 Å². The Hall–Kier alpha value is -1.35. The van der Waals surface area contributed by atoms with Crippen LogP contribution in [-0.2, 0) is 4.79 Å². The zero-order valence-electron chi connectivity index (χ0n) is 11.7. The molecule has 1 saturated heterocycles. The molecule has 2 atom stereocenters. The van der Waals surface area contributed by atoms with E-state index in [1.165, 1.54) is 5.56 Å². The molecule has 1 unspecified atom stereocenters. The van der Waals surface area contributed by atoms with Gasteiger partial charge in [0.1, 0.15) is 0 Å². The summed E-state index contributed by atoms with van der Waals surface area (Å²) < 4.78 is 0. The third kappa shape index (κ3) is 4.35. The Bertz CT molecular complexity index is 385. The van der Waals surface area contributed by atoms with E-state index in [1.807, 2.05) is 6.07 Å². The molecule has 1 amide bonds. The molecule has 0 aromatic heterocycles. The van der Waals surface area contributed by atoms with Crippen LogP contribution in [0.3, 0.4) is 0 Å². The first kappa shape index (κ1) is 14.1. The van der Waals surface area contributed by atoms with Crippen molar-refractivity contribution in [1.29, 1.82) is 0 Å². The van der Waals surface area contributed by atoms with Gasteiger partial charge in [-0.1, -0.05) is 37.3 Å². The van der Waals surface area contributed by atoms with Crippen molar-refractivity contribution in [2.24, 2.45) is 5.92 Å².